The molecule has 4 aromatic rings. The van der Waals surface area contributed by atoms with Crippen LogP contribution in [0, 0.1) is 5.92 Å². The number of nitrogens with zero attached hydrogens (tertiary/aromatic N) is 3. The highest BCUT2D eigenvalue weighted by Crippen LogP contribution is 2.34. The van der Waals surface area contributed by atoms with Crippen molar-refractivity contribution in [1.82, 2.24) is 30.8 Å². The zero-order valence-electron chi connectivity index (χ0n) is 24.6. The van der Waals surface area contributed by atoms with Gasteiger partial charge in [0.05, 0.1) is 25.3 Å². The van der Waals surface area contributed by atoms with Crippen LogP contribution in [0.15, 0.2) is 67.0 Å². The number of piperidine rings is 1. The number of nitrogens with one attached hydrogen (secondary N) is 4. The second-order valence-corrected chi connectivity index (χ2v) is 11.1. The number of carbonyl (C=O) groups excluding carboxylic acids is 1. The number of rotatable bonds is 11. The molecule has 42 heavy (non-hydrogen) atoms. The van der Waals surface area contributed by atoms with E-state index in [-0.39, 0.29) is 11.9 Å². The molecule has 3 heterocycles. The van der Waals surface area contributed by atoms with Gasteiger partial charge in [0.1, 0.15) is 0 Å². The van der Waals surface area contributed by atoms with Gasteiger partial charge < -0.3 is 25.4 Å². The van der Waals surface area contributed by atoms with Crippen molar-refractivity contribution in [3.8, 4) is 22.9 Å². The molecule has 1 atom stereocenters. The Morgan fingerprint density at radius 3 is 2.55 bits per heavy atom. The minimum Gasteiger partial charge on any atom is -0.493 e. The lowest BCUT2D eigenvalue weighted by atomic mass is 9.87. The normalized spacial score (nSPS) is 15.2. The van der Waals surface area contributed by atoms with Crippen LogP contribution in [0.1, 0.15) is 61.4 Å². The molecule has 2 aromatic carbocycles. The van der Waals surface area contributed by atoms with Crippen molar-refractivity contribution in [2.45, 2.75) is 45.2 Å². The molecule has 1 saturated heterocycles. The maximum Gasteiger partial charge on any atom is 0.251 e. The molecule has 0 aliphatic carbocycles. The Kier molecular flexibility index (Phi) is 9.02. The van der Waals surface area contributed by atoms with Crippen LogP contribution in [-0.4, -0.2) is 52.9 Å². The minimum absolute atomic E-state index is 0.163. The van der Waals surface area contributed by atoms with Crippen LogP contribution in [0.2, 0.25) is 0 Å². The summed E-state index contributed by atoms with van der Waals surface area (Å²) in [7, 11) is 1.62. The molecule has 0 radical (unpaired) electrons. The first-order valence-electron chi connectivity index (χ1n) is 14.4. The number of aromatic nitrogens is 4. The van der Waals surface area contributed by atoms with E-state index in [0.29, 0.717) is 35.4 Å². The molecule has 5 rings (SSSR count). The first-order valence-corrected chi connectivity index (χ1v) is 14.4. The fourth-order valence-corrected chi connectivity index (χ4v) is 5.09. The standard InChI is InChI=1S/C32H39N7O3/c1-21(2)20-42-27-9-8-24(19-28(27)41-4)22(3)35-30(40)25-6-5-7-26(18-25)37-32(12-16-34-17-13-32)31-36-29(38-39-31)23-10-14-33-15-11-23/h5-11,14-15,18-19,21-22,34,37H,12-13,16-17,20H2,1-4H3,(H,35,40)(H,36,38,39). The number of hydrogen-bond acceptors (Lipinski definition) is 8. The van der Waals surface area contributed by atoms with Gasteiger partial charge in [0.2, 0.25) is 0 Å². The number of aromatic amines is 1. The second kappa shape index (κ2) is 13.0. The molecular formula is C32H39N7O3. The van der Waals surface area contributed by atoms with Gasteiger partial charge in [-0.15, -0.1) is 0 Å². The van der Waals surface area contributed by atoms with E-state index in [1.54, 1.807) is 19.5 Å². The van der Waals surface area contributed by atoms with E-state index in [9.17, 15) is 4.79 Å². The zero-order valence-corrected chi connectivity index (χ0v) is 24.6. The number of hydrogen-bond donors (Lipinski definition) is 4. The highest BCUT2D eigenvalue weighted by atomic mass is 16.5. The molecule has 1 aliphatic rings. The summed E-state index contributed by atoms with van der Waals surface area (Å²) in [6.07, 6.45) is 5.08. The predicted octanol–water partition coefficient (Wildman–Crippen LogP) is 5.09. The van der Waals surface area contributed by atoms with Gasteiger partial charge in [-0.2, -0.15) is 5.10 Å². The van der Waals surface area contributed by atoms with Crippen molar-refractivity contribution >= 4 is 11.6 Å². The monoisotopic (exact) mass is 569 g/mol. The van der Waals surface area contributed by atoms with Gasteiger partial charge in [0.25, 0.3) is 5.91 Å². The Hall–Kier alpha value is -4.44. The molecule has 4 N–H and O–H groups in total. The Balaban J connectivity index is 1.31. The van der Waals surface area contributed by atoms with E-state index in [2.05, 4.69) is 45.0 Å². The SMILES string of the molecule is COc1cc(C(C)NC(=O)c2cccc(NC3(c4nc(-c5ccncc5)n[nH]4)CCNCC3)c2)ccc1OCC(C)C. The van der Waals surface area contributed by atoms with Gasteiger partial charge in [-0.25, -0.2) is 4.98 Å². The predicted molar refractivity (Wildman–Crippen MR) is 163 cm³/mol. The number of methoxy groups -OCH3 is 1. The van der Waals surface area contributed by atoms with Crippen LogP contribution in [-0.2, 0) is 5.54 Å². The fraction of sp³-hybridized carbons (Fsp3) is 0.375. The Bertz CT molecular complexity index is 1480. The summed E-state index contributed by atoms with van der Waals surface area (Å²) in [5.41, 5.74) is 2.78. The summed E-state index contributed by atoms with van der Waals surface area (Å²) >= 11 is 0. The van der Waals surface area contributed by atoms with Crippen molar-refractivity contribution in [2.24, 2.45) is 5.92 Å². The fourth-order valence-electron chi connectivity index (χ4n) is 5.09. The van der Waals surface area contributed by atoms with Crippen molar-refractivity contribution in [2.75, 3.05) is 32.1 Å². The molecule has 1 aliphatic heterocycles. The van der Waals surface area contributed by atoms with E-state index in [1.165, 1.54) is 0 Å². The summed E-state index contributed by atoms with van der Waals surface area (Å²) in [6, 6.07) is 16.9. The van der Waals surface area contributed by atoms with Crippen LogP contribution in [0.5, 0.6) is 11.5 Å². The number of pyridine rings is 1. The van der Waals surface area contributed by atoms with Gasteiger partial charge in [0, 0.05) is 29.2 Å². The Labute approximate surface area is 246 Å². The van der Waals surface area contributed by atoms with Crippen molar-refractivity contribution in [3.05, 3.63) is 83.9 Å². The first-order chi connectivity index (χ1) is 20.4. The van der Waals surface area contributed by atoms with Gasteiger partial charge >= 0.3 is 0 Å². The largest absolute Gasteiger partial charge is 0.493 e. The number of H-pyrrole nitrogens is 1. The van der Waals surface area contributed by atoms with Crippen LogP contribution >= 0.6 is 0 Å². The lowest BCUT2D eigenvalue weighted by molar-refractivity contribution is 0.0940. The summed E-state index contributed by atoms with van der Waals surface area (Å²) in [5.74, 6) is 2.98. The molecule has 1 fully saturated rings. The summed E-state index contributed by atoms with van der Waals surface area (Å²) in [4.78, 5) is 22.3. The number of carbonyl (C=O) groups is 1. The van der Waals surface area contributed by atoms with Crippen molar-refractivity contribution in [1.29, 1.82) is 0 Å². The first kappa shape index (κ1) is 29.1. The molecule has 220 valence electrons. The number of amides is 1. The third-order valence-electron chi connectivity index (χ3n) is 7.45. The molecule has 10 nitrogen and oxygen atoms in total. The quantitative estimate of drug-likeness (QED) is 0.197. The lowest BCUT2D eigenvalue weighted by Gasteiger charge is -2.37. The highest BCUT2D eigenvalue weighted by Gasteiger charge is 2.37. The van der Waals surface area contributed by atoms with Crippen molar-refractivity contribution < 1.29 is 14.3 Å². The summed E-state index contributed by atoms with van der Waals surface area (Å²) < 4.78 is 11.4. The minimum atomic E-state index is -0.456. The van der Waals surface area contributed by atoms with Crippen molar-refractivity contribution in [3.63, 3.8) is 0 Å². The summed E-state index contributed by atoms with van der Waals surface area (Å²) in [6.45, 7) is 8.43. The number of benzene rings is 2. The molecule has 0 spiro atoms. The van der Waals surface area contributed by atoms with E-state index >= 15 is 0 Å². The smallest absolute Gasteiger partial charge is 0.251 e. The lowest BCUT2D eigenvalue weighted by Crippen LogP contribution is -2.46. The molecule has 2 aromatic heterocycles. The second-order valence-electron chi connectivity index (χ2n) is 11.1. The topological polar surface area (TPSA) is 126 Å². The van der Waals surface area contributed by atoms with E-state index in [1.807, 2.05) is 61.5 Å². The van der Waals surface area contributed by atoms with E-state index in [0.717, 1.165) is 48.6 Å². The molecular weight excluding hydrogens is 530 g/mol. The van der Waals surface area contributed by atoms with Gasteiger partial charge in [-0.05, 0) is 86.8 Å². The molecule has 1 amide bonds. The van der Waals surface area contributed by atoms with E-state index < -0.39 is 5.54 Å². The molecule has 0 bridgehead atoms. The summed E-state index contributed by atoms with van der Waals surface area (Å²) in [5, 5.41) is 17.9. The molecule has 0 saturated carbocycles. The molecule has 1 unspecified atom stereocenters. The van der Waals surface area contributed by atoms with Crippen LogP contribution in [0.25, 0.3) is 11.4 Å². The van der Waals surface area contributed by atoms with Crippen LogP contribution in [0.3, 0.4) is 0 Å². The van der Waals surface area contributed by atoms with Gasteiger partial charge in [0.15, 0.2) is 23.1 Å². The average molecular weight is 570 g/mol. The zero-order chi connectivity index (χ0) is 29.5. The molecule has 10 heteroatoms. The number of ether oxygens (including phenoxy) is 2. The maximum absolute atomic E-state index is 13.3. The average Bonchev–Trinajstić information content (AvgIpc) is 3.52. The van der Waals surface area contributed by atoms with E-state index in [4.69, 9.17) is 14.5 Å². The van der Waals surface area contributed by atoms with Gasteiger partial charge in [-0.1, -0.05) is 26.0 Å². The maximum atomic E-state index is 13.3. The highest BCUT2D eigenvalue weighted by molar-refractivity contribution is 5.95. The third-order valence-corrected chi connectivity index (χ3v) is 7.45. The van der Waals surface area contributed by atoms with Crippen LogP contribution < -0.4 is 25.4 Å². The van der Waals surface area contributed by atoms with Crippen LogP contribution in [0.4, 0.5) is 5.69 Å². The third kappa shape index (κ3) is 6.71. The van der Waals surface area contributed by atoms with Gasteiger partial charge in [-0.3, -0.25) is 14.9 Å². The number of anilines is 1. The Morgan fingerprint density at radius 1 is 1.02 bits per heavy atom. The Morgan fingerprint density at radius 2 is 1.81 bits per heavy atom.